The molecule has 0 heterocycles. The Bertz CT molecular complexity index is 1430. The minimum absolute atomic E-state index is 0. The number of nitrogens with one attached hydrogen (secondary N) is 1. The zero-order valence-electron chi connectivity index (χ0n) is 24.2. The smallest absolute Gasteiger partial charge is 1.00 e. The predicted octanol–water partition coefficient (Wildman–Crippen LogP) is 4.29. The van der Waals surface area contributed by atoms with Gasteiger partial charge in [-0.1, -0.05) is 72.8 Å². The maximum absolute atomic E-state index is 13.3. The van der Waals surface area contributed by atoms with Crippen LogP contribution in [-0.4, -0.2) is 35.0 Å². The van der Waals surface area contributed by atoms with Crippen LogP contribution in [0.4, 0.5) is 0 Å². The van der Waals surface area contributed by atoms with Gasteiger partial charge in [-0.3, -0.25) is 4.79 Å². The Morgan fingerprint density at radius 1 is 0.900 bits per heavy atom. The molecule has 5 nitrogen and oxygen atoms in total. The molecule has 1 unspecified atom stereocenters. The van der Waals surface area contributed by atoms with Gasteiger partial charge in [-0.05, 0) is 90.3 Å². The van der Waals surface area contributed by atoms with Crippen molar-refractivity contribution >= 4 is 23.6 Å². The van der Waals surface area contributed by atoms with E-state index >= 15 is 0 Å². The Morgan fingerprint density at radius 2 is 1.60 bits per heavy atom. The summed E-state index contributed by atoms with van der Waals surface area (Å²) in [5, 5.41) is 12.4. The quantitative estimate of drug-likeness (QED) is 0.259. The number of thioether (sulfide) groups is 1. The average molecular weight is 548 g/mol. The third kappa shape index (κ3) is 8.28. The van der Waals surface area contributed by atoms with Gasteiger partial charge in [-0.15, -0.1) is 0 Å². The number of hydrogen-bond acceptors (Lipinski definition) is 4. The molecule has 2 N–H and O–H groups in total. The van der Waals surface area contributed by atoms with Crippen LogP contribution < -0.4 is 28.9 Å². The van der Waals surface area contributed by atoms with E-state index in [4.69, 9.17) is 4.74 Å². The summed E-state index contributed by atoms with van der Waals surface area (Å²) in [4.78, 5) is 25.1. The van der Waals surface area contributed by atoms with Gasteiger partial charge in [0, 0.05) is 5.56 Å². The van der Waals surface area contributed by atoms with E-state index < -0.39 is 12.0 Å². The molecule has 0 aromatic heterocycles. The summed E-state index contributed by atoms with van der Waals surface area (Å²) in [7, 11) is 0. The largest absolute Gasteiger partial charge is 1.00 e. The van der Waals surface area contributed by atoms with E-state index in [1.165, 1.54) is 0 Å². The maximum Gasteiger partial charge on any atom is 1.00 e. The summed E-state index contributed by atoms with van der Waals surface area (Å²) >= 11 is 1.56. The first kappa shape index (κ1) is 31.1. The Kier molecular flexibility index (Phi) is 12.0. The van der Waals surface area contributed by atoms with Crippen molar-refractivity contribution in [1.29, 1.82) is 0 Å². The standard InChI is InChI=1S/C33H33NO4S.Li.H/c1-23-10-6-8-14-27(23)29-22-24(17-19-28(29)32(35)34-30(33(36)37)20-21-39-2)16-18-25-11-7-9-15-31(25)38-26-12-4-3-5-13-26;;/h3-15,17,19,22,30H,16,18,20-21H2,1-2H3,(H,34,35)(H,36,37);;/q;+1;-1. The number of amides is 1. The molecule has 4 rings (SSSR count). The van der Waals surface area contributed by atoms with Crippen LogP contribution in [0, 0.1) is 6.92 Å². The number of carboxylic acids is 1. The molecule has 202 valence electrons. The molecule has 0 bridgehead atoms. The Balaban J connectivity index is 0.00000294. The van der Waals surface area contributed by atoms with E-state index in [2.05, 4.69) is 17.4 Å². The predicted molar refractivity (Wildman–Crippen MR) is 160 cm³/mol. The number of carbonyl (C=O) groups excluding carboxylic acids is 1. The molecule has 0 radical (unpaired) electrons. The molecule has 1 atom stereocenters. The number of rotatable bonds is 12. The molecule has 4 aromatic carbocycles. The van der Waals surface area contributed by atoms with E-state index in [9.17, 15) is 14.7 Å². The average Bonchev–Trinajstić information content (AvgIpc) is 2.95. The molecule has 0 saturated heterocycles. The molecule has 0 saturated carbocycles. The summed E-state index contributed by atoms with van der Waals surface area (Å²) < 4.78 is 6.14. The number of aryl methyl sites for hydroxylation is 3. The van der Waals surface area contributed by atoms with E-state index in [0.717, 1.165) is 52.2 Å². The van der Waals surface area contributed by atoms with Crippen LogP contribution in [0.25, 0.3) is 11.1 Å². The zero-order valence-corrected chi connectivity index (χ0v) is 24.0. The molecule has 7 heteroatoms. The second-order valence-electron chi connectivity index (χ2n) is 9.36. The SMILES string of the molecule is CSCCC(NC(=O)c1ccc(CCc2ccccc2Oc2ccccc2)cc1-c1ccccc1C)C(=O)O.[H-].[Li+]. The van der Waals surface area contributed by atoms with Crippen molar-refractivity contribution in [2.75, 3.05) is 12.0 Å². The fraction of sp³-hybridized carbons (Fsp3) is 0.212. The van der Waals surface area contributed by atoms with Crippen LogP contribution in [0.5, 0.6) is 11.5 Å². The number of para-hydroxylation sites is 2. The Labute approximate surface area is 254 Å². The van der Waals surface area contributed by atoms with Gasteiger partial charge >= 0.3 is 24.8 Å². The van der Waals surface area contributed by atoms with Crippen LogP contribution in [-0.2, 0) is 17.6 Å². The zero-order chi connectivity index (χ0) is 27.6. The number of aliphatic carboxylic acids is 1. The van der Waals surface area contributed by atoms with Gasteiger partial charge in [-0.2, -0.15) is 11.8 Å². The number of ether oxygens (including phenoxy) is 1. The molecule has 0 aliphatic rings. The van der Waals surface area contributed by atoms with Crippen LogP contribution in [0.2, 0.25) is 0 Å². The van der Waals surface area contributed by atoms with Crippen LogP contribution in [0.1, 0.15) is 34.9 Å². The Hall–Kier alpha value is -3.43. The van der Waals surface area contributed by atoms with Crippen LogP contribution in [0.3, 0.4) is 0 Å². The van der Waals surface area contributed by atoms with Gasteiger partial charge in [-0.25, -0.2) is 4.79 Å². The first-order valence-electron chi connectivity index (χ1n) is 13.0. The third-order valence-corrected chi connectivity index (χ3v) is 7.25. The minimum atomic E-state index is -1.03. The summed E-state index contributed by atoms with van der Waals surface area (Å²) in [6, 6.07) is 30.6. The normalized spacial score (nSPS) is 11.2. The van der Waals surface area contributed by atoms with Gasteiger partial charge in [0.05, 0.1) is 0 Å². The van der Waals surface area contributed by atoms with E-state index in [-0.39, 0.29) is 26.2 Å². The first-order chi connectivity index (χ1) is 19.0. The van der Waals surface area contributed by atoms with Gasteiger partial charge in [0.15, 0.2) is 0 Å². The van der Waals surface area contributed by atoms with Crippen molar-refractivity contribution in [3.63, 3.8) is 0 Å². The molecule has 0 aliphatic heterocycles. The van der Waals surface area contributed by atoms with E-state index in [1.54, 1.807) is 11.8 Å². The molecule has 40 heavy (non-hydrogen) atoms. The molecule has 0 aliphatic carbocycles. The number of carbonyl (C=O) groups is 2. The molecule has 4 aromatic rings. The van der Waals surface area contributed by atoms with E-state index in [0.29, 0.717) is 17.7 Å². The summed E-state index contributed by atoms with van der Waals surface area (Å²) in [5.74, 6) is 0.858. The van der Waals surface area contributed by atoms with Crippen molar-refractivity contribution < 1.29 is 39.7 Å². The molecular weight excluding hydrogens is 513 g/mol. The van der Waals surface area contributed by atoms with Crippen molar-refractivity contribution in [3.05, 3.63) is 119 Å². The molecule has 1 amide bonds. The van der Waals surface area contributed by atoms with Gasteiger partial charge < -0.3 is 16.6 Å². The second-order valence-corrected chi connectivity index (χ2v) is 10.3. The molecule has 0 fully saturated rings. The van der Waals surface area contributed by atoms with Crippen LogP contribution >= 0.6 is 11.8 Å². The number of benzene rings is 4. The fourth-order valence-electron chi connectivity index (χ4n) is 4.48. The number of hydrogen-bond donors (Lipinski definition) is 2. The topological polar surface area (TPSA) is 75.6 Å². The van der Waals surface area contributed by atoms with Gasteiger partial charge in [0.1, 0.15) is 17.5 Å². The maximum atomic E-state index is 13.3. The van der Waals surface area contributed by atoms with Crippen molar-refractivity contribution in [1.82, 2.24) is 5.32 Å². The van der Waals surface area contributed by atoms with Crippen molar-refractivity contribution in [3.8, 4) is 22.6 Å². The fourth-order valence-corrected chi connectivity index (χ4v) is 4.95. The van der Waals surface area contributed by atoms with Crippen molar-refractivity contribution in [2.24, 2.45) is 0 Å². The third-order valence-electron chi connectivity index (χ3n) is 6.60. The summed E-state index contributed by atoms with van der Waals surface area (Å²) in [6.07, 6.45) is 3.80. The monoisotopic (exact) mass is 547 g/mol. The molecular formula is C33H34LiNO4S. The minimum Gasteiger partial charge on any atom is -1.00 e. The second kappa shape index (κ2) is 15.4. The Morgan fingerprint density at radius 3 is 2.33 bits per heavy atom. The van der Waals surface area contributed by atoms with E-state index in [1.807, 2.05) is 98.1 Å². The van der Waals surface area contributed by atoms with Gasteiger partial charge in [0.2, 0.25) is 0 Å². The van der Waals surface area contributed by atoms with Crippen molar-refractivity contribution in [2.45, 2.75) is 32.2 Å². The van der Waals surface area contributed by atoms with Gasteiger partial charge in [0.25, 0.3) is 5.91 Å². The number of carboxylic acid groups (broad SMARTS) is 1. The molecule has 0 spiro atoms. The summed E-state index contributed by atoms with van der Waals surface area (Å²) in [6.45, 7) is 2.01. The summed E-state index contributed by atoms with van der Waals surface area (Å²) in [5.41, 5.74) is 5.44. The van der Waals surface area contributed by atoms with Crippen LogP contribution in [0.15, 0.2) is 97.1 Å². The first-order valence-corrected chi connectivity index (χ1v) is 14.4.